The van der Waals surface area contributed by atoms with Crippen LogP contribution in [0.2, 0.25) is 0 Å². The molecule has 2 nitrogen and oxygen atoms in total. The molecule has 2 N–H and O–H groups in total. The van der Waals surface area contributed by atoms with Crippen molar-refractivity contribution in [2.24, 2.45) is 5.73 Å². The van der Waals surface area contributed by atoms with E-state index in [-0.39, 0.29) is 5.54 Å². The average molecular weight is 176 g/mol. The van der Waals surface area contributed by atoms with Crippen LogP contribution >= 0.6 is 0 Å². The molecule has 0 saturated carbocycles. The first-order chi connectivity index (χ1) is 6.17. The molecule has 2 heteroatoms. The smallest absolute Gasteiger partial charge is 0.0366 e. The van der Waals surface area contributed by atoms with Crippen molar-refractivity contribution in [3.8, 4) is 0 Å². The maximum Gasteiger partial charge on any atom is 0.0366 e. The summed E-state index contributed by atoms with van der Waals surface area (Å²) < 4.78 is 0. The van der Waals surface area contributed by atoms with Gasteiger partial charge in [0.15, 0.2) is 0 Å². The van der Waals surface area contributed by atoms with Crippen molar-refractivity contribution in [1.29, 1.82) is 0 Å². The zero-order chi connectivity index (χ0) is 9.31. The maximum absolute atomic E-state index is 6.06. The van der Waals surface area contributed by atoms with Crippen LogP contribution in [-0.4, -0.2) is 18.6 Å². The van der Waals surface area contributed by atoms with Gasteiger partial charge < -0.3 is 10.6 Å². The van der Waals surface area contributed by atoms with Crippen LogP contribution in [0.25, 0.3) is 0 Å². The predicted molar refractivity (Wildman–Crippen MR) is 55.9 cm³/mol. The van der Waals surface area contributed by atoms with Crippen LogP contribution in [0.4, 0.5) is 5.69 Å². The molecule has 1 aliphatic rings. The van der Waals surface area contributed by atoms with Crippen LogP contribution in [0, 0.1) is 0 Å². The van der Waals surface area contributed by atoms with E-state index in [2.05, 4.69) is 36.1 Å². The summed E-state index contributed by atoms with van der Waals surface area (Å²) in [7, 11) is 0. The Morgan fingerprint density at radius 1 is 1.31 bits per heavy atom. The Morgan fingerprint density at radius 2 is 2.00 bits per heavy atom. The van der Waals surface area contributed by atoms with E-state index in [1.165, 1.54) is 5.69 Å². The van der Waals surface area contributed by atoms with E-state index in [1.54, 1.807) is 0 Å². The Morgan fingerprint density at radius 3 is 2.54 bits per heavy atom. The minimum Gasteiger partial charge on any atom is -0.370 e. The van der Waals surface area contributed by atoms with Crippen molar-refractivity contribution in [3.05, 3.63) is 30.3 Å². The van der Waals surface area contributed by atoms with Gasteiger partial charge in [-0.1, -0.05) is 18.2 Å². The van der Waals surface area contributed by atoms with E-state index < -0.39 is 0 Å². The highest BCUT2D eigenvalue weighted by molar-refractivity contribution is 5.47. The van der Waals surface area contributed by atoms with Gasteiger partial charge in [-0.15, -0.1) is 0 Å². The zero-order valence-electron chi connectivity index (χ0n) is 8.03. The van der Waals surface area contributed by atoms with Crippen LogP contribution in [0.5, 0.6) is 0 Å². The van der Waals surface area contributed by atoms with Gasteiger partial charge in [0.05, 0.1) is 0 Å². The number of hydrogen-bond acceptors (Lipinski definition) is 2. The summed E-state index contributed by atoms with van der Waals surface area (Å²) in [6, 6.07) is 10.5. The molecule has 70 valence electrons. The van der Waals surface area contributed by atoms with Gasteiger partial charge in [-0.3, -0.25) is 0 Å². The van der Waals surface area contributed by atoms with Crippen molar-refractivity contribution in [2.75, 3.05) is 18.0 Å². The summed E-state index contributed by atoms with van der Waals surface area (Å²) in [5, 5.41) is 0. The van der Waals surface area contributed by atoms with Crippen molar-refractivity contribution in [3.63, 3.8) is 0 Å². The molecule has 0 aliphatic carbocycles. The topological polar surface area (TPSA) is 29.3 Å². The number of benzene rings is 1. The van der Waals surface area contributed by atoms with Gasteiger partial charge in [-0.25, -0.2) is 0 Å². The SMILES string of the molecule is CC1(N)CCN(c2ccccc2)C1. The molecule has 0 spiro atoms. The lowest BCUT2D eigenvalue weighted by molar-refractivity contribution is 0.525. The molecule has 1 unspecified atom stereocenters. The van der Waals surface area contributed by atoms with Crippen LogP contribution in [0.1, 0.15) is 13.3 Å². The van der Waals surface area contributed by atoms with E-state index in [9.17, 15) is 0 Å². The van der Waals surface area contributed by atoms with Crippen LogP contribution in [0.3, 0.4) is 0 Å². The van der Waals surface area contributed by atoms with Crippen LogP contribution in [0.15, 0.2) is 30.3 Å². The molecular formula is C11H16N2. The Balaban J connectivity index is 2.13. The lowest BCUT2D eigenvalue weighted by Gasteiger charge is -2.21. The number of anilines is 1. The third-order valence-electron chi connectivity index (χ3n) is 2.63. The highest BCUT2D eigenvalue weighted by Crippen LogP contribution is 2.24. The van der Waals surface area contributed by atoms with Crippen molar-refractivity contribution >= 4 is 5.69 Å². The lowest BCUT2D eigenvalue weighted by Crippen LogP contribution is -2.39. The number of rotatable bonds is 1. The third-order valence-corrected chi connectivity index (χ3v) is 2.63. The molecule has 13 heavy (non-hydrogen) atoms. The number of para-hydroxylation sites is 1. The first-order valence-electron chi connectivity index (χ1n) is 4.76. The fourth-order valence-corrected chi connectivity index (χ4v) is 1.84. The normalized spacial score (nSPS) is 28.0. The molecule has 1 aromatic rings. The first kappa shape index (κ1) is 8.57. The molecule has 1 saturated heterocycles. The minimum atomic E-state index is -0.00413. The molecule has 0 bridgehead atoms. The van der Waals surface area contributed by atoms with Gasteiger partial charge in [0.1, 0.15) is 0 Å². The van der Waals surface area contributed by atoms with E-state index in [0.717, 1.165) is 19.5 Å². The monoisotopic (exact) mass is 176 g/mol. The van der Waals surface area contributed by atoms with Crippen LogP contribution in [-0.2, 0) is 0 Å². The highest BCUT2D eigenvalue weighted by atomic mass is 15.2. The quantitative estimate of drug-likeness (QED) is 0.704. The highest BCUT2D eigenvalue weighted by Gasteiger charge is 2.29. The fraction of sp³-hybridized carbons (Fsp3) is 0.455. The Labute approximate surface area is 79.4 Å². The number of nitrogens with zero attached hydrogens (tertiary/aromatic N) is 1. The summed E-state index contributed by atoms with van der Waals surface area (Å²) in [5.74, 6) is 0. The molecule has 1 atom stereocenters. The van der Waals surface area contributed by atoms with Gasteiger partial charge in [0, 0.05) is 24.3 Å². The van der Waals surface area contributed by atoms with Crippen molar-refractivity contribution in [1.82, 2.24) is 0 Å². The first-order valence-corrected chi connectivity index (χ1v) is 4.76. The van der Waals surface area contributed by atoms with E-state index in [0.29, 0.717) is 0 Å². The van der Waals surface area contributed by atoms with Crippen molar-refractivity contribution in [2.45, 2.75) is 18.9 Å². The Bertz CT molecular complexity index is 279. The zero-order valence-corrected chi connectivity index (χ0v) is 8.03. The molecule has 0 amide bonds. The average Bonchev–Trinajstić information content (AvgIpc) is 2.48. The molecule has 0 aromatic heterocycles. The van der Waals surface area contributed by atoms with Crippen LogP contribution < -0.4 is 10.6 Å². The van der Waals surface area contributed by atoms with Gasteiger partial charge in [-0.2, -0.15) is 0 Å². The predicted octanol–water partition coefficient (Wildman–Crippen LogP) is 1.61. The van der Waals surface area contributed by atoms with Gasteiger partial charge in [0.2, 0.25) is 0 Å². The molecule has 1 aliphatic heterocycles. The number of nitrogens with two attached hydrogens (primary N) is 1. The fourth-order valence-electron chi connectivity index (χ4n) is 1.84. The largest absolute Gasteiger partial charge is 0.370 e. The Hall–Kier alpha value is -1.02. The molecule has 1 aromatic carbocycles. The Kier molecular flexibility index (Phi) is 2.00. The van der Waals surface area contributed by atoms with Crippen molar-refractivity contribution < 1.29 is 0 Å². The van der Waals surface area contributed by atoms with Gasteiger partial charge in [0.25, 0.3) is 0 Å². The summed E-state index contributed by atoms with van der Waals surface area (Å²) >= 11 is 0. The maximum atomic E-state index is 6.06. The van der Waals surface area contributed by atoms with Gasteiger partial charge in [-0.05, 0) is 25.5 Å². The second-order valence-corrected chi connectivity index (χ2v) is 4.16. The standard InChI is InChI=1S/C11H16N2/c1-11(12)7-8-13(9-11)10-5-3-2-4-6-10/h2-6H,7-9,12H2,1H3. The second kappa shape index (κ2) is 3.04. The molecular weight excluding hydrogens is 160 g/mol. The minimum absolute atomic E-state index is 0.00413. The summed E-state index contributed by atoms with van der Waals surface area (Å²) in [4.78, 5) is 2.35. The number of hydrogen-bond donors (Lipinski definition) is 1. The third kappa shape index (κ3) is 1.83. The van der Waals surface area contributed by atoms with E-state index in [1.807, 2.05) is 6.07 Å². The molecule has 2 rings (SSSR count). The van der Waals surface area contributed by atoms with E-state index in [4.69, 9.17) is 5.73 Å². The molecule has 1 fully saturated rings. The lowest BCUT2D eigenvalue weighted by atomic mass is 10.0. The summed E-state index contributed by atoms with van der Waals surface area (Å²) in [5.41, 5.74) is 7.35. The molecule has 0 radical (unpaired) electrons. The summed E-state index contributed by atoms with van der Waals surface area (Å²) in [6.07, 6.45) is 1.09. The van der Waals surface area contributed by atoms with Gasteiger partial charge >= 0.3 is 0 Å². The molecule has 1 heterocycles. The second-order valence-electron chi connectivity index (χ2n) is 4.16. The summed E-state index contributed by atoms with van der Waals surface area (Å²) in [6.45, 7) is 4.17. The van der Waals surface area contributed by atoms with E-state index >= 15 is 0 Å².